The first-order chi connectivity index (χ1) is 18.5. The number of rotatable bonds is 8. The highest BCUT2D eigenvalue weighted by molar-refractivity contribution is 7.80. The summed E-state index contributed by atoms with van der Waals surface area (Å²) in [5.74, 6) is 1.08. The van der Waals surface area contributed by atoms with Crippen LogP contribution in [0.2, 0.25) is 0 Å². The van der Waals surface area contributed by atoms with Gasteiger partial charge >= 0.3 is 0 Å². The van der Waals surface area contributed by atoms with Crippen molar-refractivity contribution in [3.8, 4) is 17.1 Å². The van der Waals surface area contributed by atoms with Crippen LogP contribution in [0.1, 0.15) is 23.5 Å². The topological polar surface area (TPSA) is 88.9 Å². The molecule has 38 heavy (non-hydrogen) atoms. The number of pyridine rings is 1. The Morgan fingerprint density at radius 3 is 2.66 bits per heavy atom. The Labute approximate surface area is 224 Å². The average Bonchev–Trinajstić information content (AvgIpc) is 3.54. The maximum atomic E-state index is 13.5. The molecule has 4 aromatic rings. The molecule has 2 aromatic carbocycles. The third kappa shape index (κ3) is 5.09. The van der Waals surface area contributed by atoms with Gasteiger partial charge in [-0.05, 0) is 78.9 Å². The van der Waals surface area contributed by atoms with Gasteiger partial charge in [0.15, 0.2) is 5.11 Å². The first-order valence-corrected chi connectivity index (χ1v) is 12.2. The number of halogens is 1. The van der Waals surface area contributed by atoms with Crippen LogP contribution in [0.5, 0.6) is 5.75 Å². The molecule has 2 N–H and O–H groups in total. The zero-order valence-corrected chi connectivity index (χ0v) is 21.5. The van der Waals surface area contributed by atoms with Crippen molar-refractivity contribution < 1.29 is 23.1 Å². The molecule has 194 valence electrons. The van der Waals surface area contributed by atoms with E-state index in [1.54, 1.807) is 30.5 Å². The summed E-state index contributed by atoms with van der Waals surface area (Å²) in [4.78, 5) is 18.7. The molecule has 0 spiro atoms. The van der Waals surface area contributed by atoms with E-state index in [0.29, 0.717) is 33.8 Å². The van der Waals surface area contributed by atoms with Crippen LogP contribution in [0.3, 0.4) is 0 Å². The van der Waals surface area contributed by atoms with Crippen molar-refractivity contribution in [1.82, 2.24) is 10.3 Å². The number of anilines is 2. The maximum Gasteiger partial charge on any atom is 0.250 e. The van der Waals surface area contributed by atoms with Gasteiger partial charge in [-0.3, -0.25) is 9.78 Å². The second-order valence-electron chi connectivity index (χ2n) is 8.57. The van der Waals surface area contributed by atoms with Gasteiger partial charge in [-0.2, -0.15) is 0 Å². The highest BCUT2D eigenvalue weighted by atomic mass is 32.1. The zero-order chi connectivity index (χ0) is 26.6. The number of benzene rings is 2. The van der Waals surface area contributed by atoms with Crippen LogP contribution in [0.25, 0.3) is 11.3 Å². The van der Waals surface area contributed by atoms with Crippen molar-refractivity contribution in [2.24, 2.45) is 0 Å². The molecule has 0 bridgehead atoms. The van der Waals surface area contributed by atoms with Crippen molar-refractivity contribution >= 4 is 34.6 Å². The van der Waals surface area contributed by atoms with Crippen molar-refractivity contribution in [3.63, 3.8) is 0 Å². The number of carbonyl (C=O) groups is 1. The Bertz CT molecular complexity index is 1450. The van der Waals surface area contributed by atoms with Crippen LogP contribution in [-0.4, -0.2) is 36.8 Å². The SMILES string of the molecule is COCC(=O)Nc1cc(N2C(=S)NC(c3ccccn3)C2c2ccc(-c3ccc(F)cc3)o2)ccc1OC. The van der Waals surface area contributed by atoms with Gasteiger partial charge in [-0.25, -0.2) is 4.39 Å². The molecule has 10 heteroatoms. The number of nitrogens with one attached hydrogen (secondary N) is 2. The number of aromatic nitrogens is 1. The predicted octanol–water partition coefficient (Wildman–Crippen LogP) is 5.25. The fourth-order valence-electron chi connectivity index (χ4n) is 4.46. The number of hydrogen-bond acceptors (Lipinski definition) is 6. The highest BCUT2D eigenvalue weighted by Crippen LogP contribution is 2.44. The third-order valence-corrected chi connectivity index (χ3v) is 6.47. The van der Waals surface area contributed by atoms with Gasteiger partial charge in [0.25, 0.3) is 0 Å². The van der Waals surface area contributed by atoms with E-state index in [1.165, 1.54) is 26.4 Å². The third-order valence-electron chi connectivity index (χ3n) is 6.16. The number of carbonyl (C=O) groups excluding carboxylic acids is 1. The molecule has 0 saturated carbocycles. The van der Waals surface area contributed by atoms with Gasteiger partial charge in [0.2, 0.25) is 5.91 Å². The Morgan fingerprint density at radius 1 is 1.13 bits per heavy atom. The summed E-state index contributed by atoms with van der Waals surface area (Å²) in [5.41, 5.74) is 2.71. The molecule has 2 aromatic heterocycles. The lowest BCUT2D eigenvalue weighted by Crippen LogP contribution is -2.29. The number of ether oxygens (including phenoxy) is 2. The monoisotopic (exact) mass is 532 g/mol. The lowest BCUT2D eigenvalue weighted by molar-refractivity contribution is -0.119. The molecule has 1 aliphatic heterocycles. The van der Waals surface area contributed by atoms with Gasteiger partial charge < -0.3 is 29.4 Å². The number of thiocarbonyl (C=S) groups is 1. The van der Waals surface area contributed by atoms with Crippen molar-refractivity contribution in [2.45, 2.75) is 12.1 Å². The first-order valence-electron chi connectivity index (χ1n) is 11.8. The summed E-state index contributed by atoms with van der Waals surface area (Å²) in [7, 11) is 2.98. The second-order valence-corrected chi connectivity index (χ2v) is 8.96. The summed E-state index contributed by atoms with van der Waals surface area (Å²) in [6, 6.07) is 20.2. The normalized spacial score (nSPS) is 16.8. The lowest BCUT2D eigenvalue weighted by Gasteiger charge is -2.27. The number of hydrogen-bond donors (Lipinski definition) is 2. The smallest absolute Gasteiger partial charge is 0.250 e. The van der Waals surface area contributed by atoms with E-state index in [9.17, 15) is 9.18 Å². The highest BCUT2D eigenvalue weighted by Gasteiger charge is 2.42. The molecule has 8 nitrogen and oxygen atoms in total. The largest absolute Gasteiger partial charge is 0.495 e. The molecule has 1 amide bonds. The van der Waals surface area contributed by atoms with Crippen LogP contribution in [0.4, 0.5) is 15.8 Å². The number of nitrogens with zero attached hydrogens (tertiary/aromatic N) is 2. The molecule has 1 fully saturated rings. The summed E-state index contributed by atoms with van der Waals surface area (Å²) >= 11 is 5.79. The molecule has 0 radical (unpaired) electrons. The Balaban J connectivity index is 1.57. The number of amides is 1. The van der Waals surface area contributed by atoms with Gasteiger partial charge in [0, 0.05) is 24.6 Å². The lowest BCUT2D eigenvalue weighted by atomic mass is 10.0. The standard InChI is InChI=1S/C28H25FN4O4S/c1-35-16-25(34)31-21-15-19(10-11-23(21)36-2)33-27(26(32-28(33)38)20-5-3-4-14-30-20)24-13-12-22(37-24)17-6-8-18(29)9-7-17/h3-15,26-27H,16H2,1-2H3,(H,31,34)(H,32,38). The van der Waals surface area contributed by atoms with Gasteiger partial charge in [-0.15, -0.1) is 0 Å². The Kier molecular flexibility index (Phi) is 7.34. The molecule has 1 aliphatic rings. The van der Waals surface area contributed by atoms with Crippen LogP contribution in [0, 0.1) is 5.82 Å². The quantitative estimate of drug-likeness (QED) is 0.298. The van der Waals surface area contributed by atoms with Gasteiger partial charge in [0.1, 0.15) is 35.7 Å². The summed E-state index contributed by atoms with van der Waals surface area (Å²) in [6.07, 6.45) is 1.72. The van der Waals surface area contributed by atoms with Crippen LogP contribution in [-0.2, 0) is 9.53 Å². The average molecular weight is 533 g/mol. The first kappa shape index (κ1) is 25.4. The minimum atomic E-state index is -0.414. The molecular formula is C28H25FN4O4S. The van der Waals surface area contributed by atoms with E-state index in [4.69, 9.17) is 26.1 Å². The van der Waals surface area contributed by atoms with Crippen LogP contribution < -0.4 is 20.3 Å². The molecule has 2 unspecified atom stereocenters. The second kappa shape index (κ2) is 11.0. The maximum absolute atomic E-state index is 13.5. The van der Waals surface area contributed by atoms with Crippen LogP contribution >= 0.6 is 12.2 Å². The molecule has 0 aliphatic carbocycles. The van der Waals surface area contributed by atoms with E-state index in [0.717, 1.165) is 11.3 Å². The molecule has 1 saturated heterocycles. The molecular weight excluding hydrogens is 507 g/mol. The molecule has 3 heterocycles. The molecule has 2 atom stereocenters. The Morgan fingerprint density at radius 2 is 1.95 bits per heavy atom. The van der Waals surface area contributed by atoms with Gasteiger partial charge in [-0.1, -0.05) is 6.07 Å². The molecule has 5 rings (SSSR count). The number of methoxy groups -OCH3 is 2. The van der Waals surface area contributed by atoms with E-state index in [2.05, 4.69) is 15.6 Å². The fraction of sp³-hybridized carbons (Fsp3) is 0.179. The minimum Gasteiger partial charge on any atom is -0.495 e. The van der Waals surface area contributed by atoms with Crippen LogP contribution in [0.15, 0.2) is 83.4 Å². The van der Waals surface area contributed by atoms with E-state index in [-0.39, 0.29) is 24.4 Å². The summed E-state index contributed by atoms with van der Waals surface area (Å²) in [5, 5.41) is 6.67. The summed E-state index contributed by atoms with van der Waals surface area (Å²) < 4.78 is 30.2. The van der Waals surface area contributed by atoms with E-state index in [1.807, 2.05) is 41.3 Å². The van der Waals surface area contributed by atoms with Gasteiger partial charge in [0.05, 0.1) is 24.5 Å². The van der Waals surface area contributed by atoms with E-state index >= 15 is 0 Å². The Hall–Kier alpha value is -4.28. The fourth-order valence-corrected chi connectivity index (χ4v) is 4.81. The van der Waals surface area contributed by atoms with Crippen molar-refractivity contribution in [1.29, 1.82) is 0 Å². The predicted molar refractivity (Wildman–Crippen MR) is 146 cm³/mol. The van der Waals surface area contributed by atoms with E-state index < -0.39 is 6.04 Å². The summed E-state index contributed by atoms with van der Waals surface area (Å²) in [6.45, 7) is -0.0972. The number of furan rings is 1. The minimum absolute atomic E-state index is 0.0972. The zero-order valence-electron chi connectivity index (χ0n) is 20.7. The van der Waals surface area contributed by atoms with Crippen molar-refractivity contribution in [2.75, 3.05) is 31.0 Å². The van der Waals surface area contributed by atoms with Crippen molar-refractivity contribution in [3.05, 3.63) is 96.3 Å².